The van der Waals surface area contributed by atoms with Crippen LogP contribution in [0.2, 0.25) is 0 Å². The van der Waals surface area contributed by atoms with Gasteiger partial charge in [-0.15, -0.1) is 0 Å². The van der Waals surface area contributed by atoms with E-state index >= 15 is 0 Å². The van der Waals surface area contributed by atoms with Crippen molar-refractivity contribution in [2.24, 2.45) is 0 Å². The Kier molecular flexibility index (Phi) is 4.00. The minimum absolute atomic E-state index is 0.0610. The first-order valence-electron chi connectivity index (χ1n) is 6.50. The van der Waals surface area contributed by atoms with E-state index in [4.69, 9.17) is 0 Å². The molecule has 3 heterocycles. The monoisotopic (exact) mass is 316 g/mol. The third-order valence-corrected chi connectivity index (χ3v) is 2.88. The lowest BCUT2D eigenvalue weighted by Gasteiger charge is -2.06. The molecule has 0 aliphatic heterocycles. The minimum atomic E-state index is -2.66. The number of hydrogen-bond acceptors (Lipinski definition) is 5. The number of aromatic nitrogens is 5. The summed E-state index contributed by atoms with van der Waals surface area (Å²) >= 11 is 0. The molecule has 0 spiro atoms. The van der Waals surface area contributed by atoms with Crippen LogP contribution in [0.3, 0.4) is 0 Å². The molecule has 1 amide bonds. The molecule has 23 heavy (non-hydrogen) atoms. The highest BCUT2D eigenvalue weighted by atomic mass is 19.3. The molecule has 7 nitrogen and oxygen atoms in total. The largest absolute Gasteiger partial charge is 0.318 e. The summed E-state index contributed by atoms with van der Waals surface area (Å²) < 4.78 is 26.5. The zero-order valence-electron chi connectivity index (χ0n) is 11.6. The summed E-state index contributed by atoms with van der Waals surface area (Å²) in [6.07, 6.45) is 4.73. The molecule has 0 saturated heterocycles. The Morgan fingerprint density at radius 2 is 2.04 bits per heavy atom. The number of alkyl halides is 2. The summed E-state index contributed by atoms with van der Waals surface area (Å²) in [6, 6.07) is 4.10. The smallest absolute Gasteiger partial charge is 0.293 e. The van der Waals surface area contributed by atoms with Crippen molar-refractivity contribution in [2.45, 2.75) is 6.43 Å². The number of hydrogen-bond donors (Lipinski definition) is 1. The third-order valence-electron chi connectivity index (χ3n) is 2.88. The Bertz CT molecular complexity index is 804. The van der Waals surface area contributed by atoms with Gasteiger partial charge in [0.05, 0.1) is 11.9 Å². The van der Waals surface area contributed by atoms with E-state index in [0.717, 1.165) is 12.3 Å². The van der Waals surface area contributed by atoms with Crippen molar-refractivity contribution in [2.75, 3.05) is 5.32 Å². The predicted molar refractivity (Wildman–Crippen MR) is 76.3 cm³/mol. The lowest BCUT2D eigenvalue weighted by molar-refractivity contribution is 0.101. The fourth-order valence-electron chi connectivity index (χ4n) is 1.79. The molecule has 116 valence electrons. The van der Waals surface area contributed by atoms with Gasteiger partial charge in [-0.1, -0.05) is 0 Å². The normalized spacial score (nSPS) is 10.7. The summed E-state index contributed by atoms with van der Waals surface area (Å²) in [5, 5.41) is 2.50. The number of amides is 1. The van der Waals surface area contributed by atoms with E-state index in [0.29, 0.717) is 5.82 Å². The number of nitrogens with one attached hydrogen (secondary N) is 1. The van der Waals surface area contributed by atoms with Gasteiger partial charge in [-0.2, -0.15) is 0 Å². The van der Waals surface area contributed by atoms with Crippen molar-refractivity contribution >= 4 is 11.6 Å². The minimum Gasteiger partial charge on any atom is -0.318 e. The Hall–Kier alpha value is -3.23. The lowest BCUT2D eigenvalue weighted by Crippen LogP contribution is -2.16. The van der Waals surface area contributed by atoms with Crippen molar-refractivity contribution in [3.63, 3.8) is 0 Å². The van der Waals surface area contributed by atoms with Crippen molar-refractivity contribution in [3.05, 3.63) is 60.8 Å². The predicted octanol–water partition coefficient (Wildman–Crippen LogP) is 2.25. The van der Waals surface area contributed by atoms with Crippen LogP contribution in [0.15, 0.2) is 49.3 Å². The molecule has 9 heteroatoms. The van der Waals surface area contributed by atoms with E-state index in [1.807, 2.05) is 0 Å². The number of carbonyl (C=O) groups excluding carboxylic acids is 1. The van der Waals surface area contributed by atoms with E-state index in [1.165, 1.54) is 18.6 Å². The van der Waals surface area contributed by atoms with Gasteiger partial charge in [0.1, 0.15) is 17.8 Å². The highest BCUT2D eigenvalue weighted by Crippen LogP contribution is 2.17. The van der Waals surface area contributed by atoms with E-state index in [-0.39, 0.29) is 17.2 Å². The van der Waals surface area contributed by atoms with Crippen LogP contribution in [0.5, 0.6) is 0 Å². The molecule has 3 aromatic rings. The highest BCUT2D eigenvalue weighted by Gasteiger charge is 2.12. The molecule has 0 aliphatic carbocycles. The number of imidazole rings is 1. The SMILES string of the molecule is O=C(Nc1ccc(C(F)F)nc1)c1nccc(-n2ccnc2)n1. The summed E-state index contributed by atoms with van der Waals surface area (Å²) in [4.78, 5) is 27.6. The molecular formula is C14H10F2N6O. The molecule has 1 N–H and O–H groups in total. The van der Waals surface area contributed by atoms with E-state index < -0.39 is 12.3 Å². The first kappa shape index (κ1) is 14.7. The van der Waals surface area contributed by atoms with Crippen LogP contribution in [0, 0.1) is 0 Å². The van der Waals surface area contributed by atoms with Crippen LogP contribution in [0.1, 0.15) is 22.7 Å². The van der Waals surface area contributed by atoms with E-state index in [2.05, 4.69) is 25.3 Å². The Morgan fingerprint density at radius 1 is 1.17 bits per heavy atom. The second kappa shape index (κ2) is 6.26. The van der Waals surface area contributed by atoms with Crippen LogP contribution in [0.25, 0.3) is 5.82 Å². The van der Waals surface area contributed by atoms with Gasteiger partial charge in [-0.25, -0.2) is 23.7 Å². The molecule has 3 rings (SSSR count). The molecule has 0 aliphatic rings. The van der Waals surface area contributed by atoms with Gasteiger partial charge in [0.15, 0.2) is 0 Å². The maximum atomic E-state index is 12.4. The van der Waals surface area contributed by atoms with Crippen LogP contribution >= 0.6 is 0 Å². The quantitative estimate of drug-likeness (QED) is 0.798. The molecule has 0 saturated carbocycles. The molecule has 0 atom stereocenters. The number of rotatable bonds is 4. The summed E-state index contributed by atoms with van der Waals surface area (Å²) in [5.41, 5.74) is -0.0858. The molecule has 0 radical (unpaired) electrons. The molecule has 0 bridgehead atoms. The van der Waals surface area contributed by atoms with Crippen LogP contribution in [0.4, 0.5) is 14.5 Å². The first-order valence-corrected chi connectivity index (χ1v) is 6.50. The summed E-state index contributed by atoms with van der Waals surface area (Å²) in [6.45, 7) is 0. The molecule has 3 aromatic heterocycles. The zero-order chi connectivity index (χ0) is 16.2. The van der Waals surface area contributed by atoms with Gasteiger partial charge in [0.2, 0.25) is 5.82 Å². The van der Waals surface area contributed by atoms with Crippen molar-refractivity contribution in [3.8, 4) is 5.82 Å². The molecule has 0 fully saturated rings. The zero-order valence-corrected chi connectivity index (χ0v) is 11.6. The van der Waals surface area contributed by atoms with Crippen molar-refractivity contribution in [1.82, 2.24) is 24.5 Å². The van der Waals surface area contributed by atoms with Crippen LogP contribution in [-0.4, -0.2) is 30.4 Å². The van der Waals surface area contributed by atoms with Gasteiger partial charge in [-0.05, 0) is 18.2 Å². The highest BCUT2D eigenvalue weighted by molar-refractivity contribution is 6.01. The van der Waals surface area contributed by atoms with Gasteiger partial charge < -0.3 is 5.32 Å². The maximum absolute atomic E-state index is 12.4. The topological polar surface area (TPSA) is 85.6 Å². The van der Waals surface area contributed by atoms with Crippen LogP contribution in [-0.2, 0) is 0 Å². The lowest BCUT2D eigenvalue weighted by atomic mass is 10.3. The maximum Gasteiger partial charge on any atom is 0.293 e. The molecule has 0 aromatic carbocycles. The number of anilines is 1. The summed E-state index contributed by atoms with van der Waals surface area (Å²) in [5.74, 6) is -0.151. The second-order valence-electron chi connectivity index (χ2n) is 4.43. The fraction of sp³-hybridized carbons (Fsp3) is 0.0714. The Morgan fingerprint density at radius 3 is 2.70 bits per heavy atom. The van der Waals surface area contributed by atoms with Crippen molar-refractivity contribution < 1.29 is 13.6 Å². The summed E-state index contributed by atoms with van der Waals surface area (Å²) in [7, 11) is 0. The second-order valence-corrected chi connectivity index (χ2v) is 4.43. The van der Waals surface area contributed by atoms with Gasteiger partial charge in [0, 0.05) is 18.6 Å². The Balaban J connectivity index is 1.77. The van der Waals surface area contributed by atoms with Crippen LogP contribution < -0.4 is 5.32 Å². The number of carbonyl (C=O) groups is 1. The average molecular weight is 316 g/mol. The Labute approximate surface area is 129 Å². The standard InChI is InChI=1S/C14H10F2N6O/c15-12(16)10-2-1-9(7-19-10)20-14(23)13-18-4-3-11(21-13)22-6-5-17-8-22/h1-8,12H,(H,20,23). The van der Waals surface area contributed by atoms with E-state index in [9.17, 15) is 13.6 Å². The number of pyridine rings is 1. The average Bonchev–Trinajstić information content (AvgIpc) is 3.10. The molecule has 0 unspecified atom stereocenters. The van der Waals surface area contributed by atoms with Crippen molar-refractivity contribution in [1.29, 1.82) is 0 Å². The van der Waals surface area contributed by atoms with Gasteiger partial charge >= 0.3 is 0 Å². The first-order chi connectivity index (χ1) is 11.1. The fourth-order valence-corrected chi connectivity index (χ4v) is 1.79. The van der Waals surface area contributed by atoms with Gasteiger partial charge in [0.25, 0.3) is 12.3 Å². The number of halogens is 2. The van der Waals surface area contributed by atoms with E-state index in [1.54, 1.807) is 23.0 Å². The number of nitrogens with zero attached hydrogens (tertiary/aromatic N) is 5. The van der Waals surface area contributed by atoms with Gasteiger partial charge in [-0.3, -0.25) is 14.3 Å². The third kappa shape index (κ3) is 3.34. The molecular weight excluding hydrogens is 306 g/mol.